The van der Waals surface area contributed by atoms with Crippen LogP contribution < -0.4 is 10.5 Å². The third kappa shape index (κ3) is 2.96. The van der Waals surface area contributed by atoms with E-state index < -0.39 is 5.82 Å². The Morgan fingerprint density at radius 2 is 2.12 bits per heavy atom. The molecule has 17 heavy (non-hydrogen) atoms. The molecule has 4 heteroatoms. The van der Waals surface area contributed by atoms with E-state index in [2.05, 4.69) is 0 Å². The summed E-state index contributed by atoms with van der Waals surface area (Å²) < 4.78 is 18.7. The largest absolute Gasteiger partial charge is 0.493 e. The summed E-state index contributed by atoms with van der Waals surface area (Å²) in [6, 6.07) is 4.11. The van der Waals surface area contributed by atoms with Gasteiger partial charge in [-0.3, -0.25) is 5.41 Å². The Hall–Kier alpha value is -1.58. The first-order chi connectivity index (χ1) is 8.16. The molecule has 0 amide bonds. The van der Waals surface area contributed by atoms with Gasteiger partial charge in [-0.1, -0.05) is 12.8 Å². The van der Waals surface area contributed by atoms with Gasteiger partial charge in [0, 0.05) is 0 Å². The number of rotatable bonds is 4. The highest BCUT2D eigenvalue weighted by atomic mass is 19.1. The van der Waals surface area contributed by atoms with E-state index in [-0.39, 0.29) is 5.84 Å². The molecule has 1 aromatic rings. The van der Waals surface area contributed by atoms with E-state index in [1.165, 1.54) is 37.8 Å². The summed E-state index contributed by atoms with van der Waals surface area (Å²) in [5.74, 6) is 0.528. The zero-order chi connectivity index (χ0) is 12.3. The minimum Gasteiger partial charge on any atom is -0.493 e. The predicted molar refractivity (Wildman–Crippen MR) is 64.9 cm³/mol. The second-order valence-electron chi connectivity index (χ2n) is 4.52. The minimum absolute atomic E-state index is 0.161. The van der Waals surface area contributed by atoms with Gasteiger partial charge < -0.3 is 10.5 Å². The lowest BCUT2D eigenvalue weighted by Gasteiger charge is -2.14. The van der Waals surface area contributed by atoms with E-state index in [1.807, 2.05) is 0 Å². The van der Waals surface area contributed by atoms with Crippen molar-refractivity contribution in [1.82, 2.24) is 0 Å². The third-order valence-corrected chi connectivity index (χ3v) is 3.18. The highest BCUT2D eigenvalue weighted by Crippen LogP contribution is 2.27. The molecule has 1 aromatic carbocycles. The van der Waals surface area contributed by atoms with E-state index in [9.17, 15) is 4.39 Å². The number of amidine groups is 1. The molecule has 0 atom stereocenters. The summed E-state index contributed by atoms with van der Waals surface area (Å²) in [6.45, 7) is 0.631. The zero-order valence-corrected chi connectivity index (χ0v) is 9.71. The van der Waals surface area contributed by atoms with E-state index in [4.69, 9.17) is 15.9 Å². The van der Waals surface area contributed by atoms with Gasteiger partial charge in [-0.25, -0.2) is 4.39 Å². The smallest absolute Gasteiger partial charge is 0.130 e. The van der Waals surface area contributed by atoms with Crippen LogP contribution in [0.4, 0.5) is 4.39 Å². The van der Waals surface area contributed by atoms with E-state index in [0.29, 0.717) is 23.8 Å². The van der Waals surface area contributed by atoms with Crippen LogP contribution in [0.3, 0.4) is 0 Å². The Labute approximate surface area is 100 Å². The SMILES string of the molecule is N=C(N)c1cc(F)ccc1OCC1CCCC1. The predicted octanol–water partition coefficient (Wildman–Crippen LogP) is 2.68. The average molecular weight is 236 g/mol. The van der Waals surface area contributed by atoms with Crippen molar-refractivity contribution in [1.29, 1.82) is 5.41 Å². The molecular formula is C13H17FN2O. The second kappa shape index (κ2) is 5.17. The molecule has 0 heterocycles. The second-order valence-corrected chi connectivity index (χ2v) is 4.52. The number of ether oxygens (including phenoxy) is 1. The number of benzene rings is 1. The lowest BCUT2D eigenvalue weighted by molar-refractivity contribution is 0.251. The van der Waals surface area contributed by atoms with Gasteiger partial charge in [0.1, 0.15) is 17.4 Å². The molecule has 1 fully saturated rings. The minimum atomic E-state index is -0.400. The van der Waals surface area contributed by atoms with Gasteiger partial charge in [-0.2, -0.15) is 0 Å². The highest BCUT2D eigenvalue weighted by molar-refractivity contribution is 5.97. The van der Waals surface area contributed by atoms with Crippen LogP contribution in [0.5, 0.6) is 5.75 Å². The van der Waals surface area contributed by atoms with Crippen molar-refractivity contribution in [3.63, 3.8) is 0 Å². The van der Waals surface area contributed by atoms with Gasteiger partial charge in [-0.05, 0) is 37.0 Å². The number of nitrogens with two attached hydrogens (primary N) is 1. The van der Waals surface area contributed by atoms with E-state index in [0.717, 1.165) is 0 Å². The average Bonchev–Trinajstić information content (AvgIpc) is 2.80. The standard InChI is InChI=1S/C13H17FN2O/c14-10-5-6-12(11(7-10)13(15)16)17-8-9-3-1-2-4-9/h5-7,9H,1-4,8H2,(H3,15,16). The first-order valence-corrected chi connectivity index (χ1v) is 5.93. The van der Waals surface area contributed by atoms with Crippen molar-refractivity contribution < 1.29 is 9.13 Å². The summed E-state index contributed by atoms with van der Waals surface area (Å²) in [7, 11) is 0. The number of hydrogen-bond donors (Lipinski definition) is 2. The molecule has 0 bridgehead atoms. The number of nitrogen functional groups attached to an aromatic ring is 1. The maximum atomic E-state index is 13.0. The van der Waals surface area contributed by atoms with Gasteiger partial charge in [-0.15, -0.1) is 0 Å². The highest BCUT2D eigenvalue weighted by Gasteiger charge is 2.16. The summed E-state index contributed by atoms with van der Waals surface area (Å²) in [5.41, 5.74) is 5.74. The van der Waals surface area contributed by atoms with Crippen molar-refractivity contribution in [2.45, 2.75) is 25.7 Å². The number of halogens is 1. The molecule has 0 saturated heterocycles. The Bertz CT molecular complexity index is 414. The first kappa shape index (κ1) is 11.9. The van der Waals surface area contributed by atoms with Crippen LogP contribution in [0.25, 0.3) is 0 Å². The van der Waals surface area contributed by atoms with Crippen molar-refractivity contribution in [3.8, 4) is 5.75 Å². The Morgan fingerprint density at radius 1 is 1.41 bits per heavy atom. The van der Waals surface area contributed by atoms with Gasteiger partial charge in [0.2, 0.25) is 0 Å². The Kier molecular flexibility index (Phi) is 3.61. The Morgan fingerprint density at radius 3 is 2.76 bits per heavy atom. The number of hydrogen-bond acceptors (Lipinski definition) is 2. The van der Waals surface area contributed by atoms with Crippen LogP contribution in [0.2, 0.25) is 0 Å². The molecule has 0 aliphatic heterocycles. The van der Waals surface area contributed by atoms with Crippen LogP contribution in [0.15, 0.2) is 18.2 Å². The van der Waals surface area contributed by atoms with Crippen molar-refractivity contribution in [2.75, 3.05) is 6.61 Å². The van der Waals surface area contributed by atoms with E-state index >= 15 is 0 Å². The van der Waals surface area contributed by atoms with Gasteiger partial charge in [0.05, 0.1) is 12.2 Å². The van der Waals surface area contributed by atoms with Crippen molar-refractivity contribution >= 4 is 5.84 Å². The molecular weight excluding hydrogens is 219 g/mol. The van der Waals surface area contributed by atoms with Crippen LogP contribution in [-0.2, 0) is 0 Å². The summed E-state index contributed by atoms with van der Waals surface area (Å²) in [4.78, 5) is 0. The third-order valence-electron chi connectivity index (χ3n) is 3.18. The monoisotopic (exact) mass is 236 g/mol. The van der Waals surface area contributed by atoms with Crippen LogP contribution >= 0.6 is 0 Å². The summed E-state index contributed by atoms with van der Waals surface area (Å²) in [5, 5.41) is 7.39. The zero-order valence-electron chi connectivity index (χ0n) is 9.71. The molecule has 0 radical (unpaired) electrons. The summed E-state index contributed by atoms with van der Waals surface area (Å²) >= 11 is 0. The van der Waals surface area contributed by atoms with E-state index in [1.54, 1.807) is 6.07 Å². The fraction of sp³-hybridized carbons (Fsp3) is 0.462. The fourth-order valence-electron chi connectivity index (χ4n) is 2.22. The topological polar surface area (TPSA) is 59.1 Å². The molecule has 3 N–H and O–H groups in total. The molecule has 1 saturated carbocycles. The molecule has 1 aliphatic rings. The lowest BCUT2D eigenvalue weighted by Crippen LogP contribution is -2.15. The van der Waals surface area contributed by atoms with Crippen molar-refractivity contribution in [2.24, 2.45) is 11.7 Å². The summed E-state index contributed by atoms with van der Waals surface area (Å²) in [6.07, 6.45) is 4.90. The van der Waals surface area contributed by atoms with Gasteiger partial charge in [0.15, 0.2) is 0 Å². The van der Waals surface area contributed by atoms with Crippen LogP contribution in [0.1, 0.15) is 31.2 Å². The molecule has 2 rings (SSSR count). The maximum Gasteiger partial charge on any atom is 0.130 e. The van der Waals surface area contributed by atoms with Gasteiger partial charge in [0.25, 0.3) is 0 Å². The lowest BCUT2D eigenvalue weighted by atomic mass is 10.1. The molecule has 92 valence electrons. The normalized spacial score (nSPS) is 16.1. The Balaban J connectivity index is 2.06. The molecule has 1 aliphatic carbocycles. The molecule has 0 spiro atoms. The maximum absolute atomic E-state index is 13.0. The quantitative estimate of drug-likeness (QED) is 0.623. The number of nitrogens with one attached hydrogen (secondary N) is 1. The van der Waals surface area contributed by atoms with Crippen LogP contribution in [0, 0.1) is 17.1 Å². The molecule has 0 aromatic heterocycles. The molecule has 3 nitrogen and oxygen atoms in total. The fourth-order valence-corrected chi connectivity index (χ4v) is 2.22. The van der Waals surface area contributed by atoms with Crippen molar-refractivity contribution in [3.05, 3.63) is 29.6 Å². The first-order valence-electron chi connectivity index (χ1n) is 5.93. The van der Waals surface area contributed by atoms with Crippen LogP contribution in [-0.4, -0.2) is 12.4 Å². The molecule has 0 unspecified atom stereocenters. The van der Waals surface area contributed by atoms with Gasteiger partial charge >= 0.3 is 0 Å².